The number of nitrogens with one attached hydrogen (secondary N) is 1. The van der Waals surface area contributed by atoms with Crippen LogP contribution in [0.3, 0.4) is 0 Å². The summed E-state index contributed by atoms with van der Waals surface area (Å²) in [5.41, 5.74) is 14.0. The molecule has 0 unspecified atom stereocenters. The third-order valence-corrected chi connectivity index (χ3v) is 5.57. The van der Waals surface area contributed by atoms with Gasteiger partial charge in [0.05, 0.1) is 11.4 Å². The van der Waals surface area contributed by atoms with Crippen molar-refractivity contribution in [3.63, 3.8) is 0 Å². The van der Waals surface area contributed by atoms with Gasteiger partial charge in [0.15, 0.2) is 0 Å². The molecular formula is C20H18N2S. The van der Waals surface area contributed by atoms with E-state index in [1.165, 1.54) is 22.3 Å². The molecule has 0 atom stereocenters. The smallest absolute Gasteiger partial charge is 0.0716 e. The van der Waals surface area contributed by atoms with E-state index in [4.69, 9.17) is 11.1 Å². The summed E-state index contributed by atoms with van der Waals surface area (Å²) in [7, 11) is 0. The van der Waals surface area contributed by atoms with E-state index in [1.807, 2.05) is 22.9 Å². The highest BCUT2D eigenvalue weighted by molar-refractivity contribution is 7.08. The Hall–Kier alpha value is -2.39. The van der Waals surface area contributed by atoms with E-state index in [9.17, 15) is 0 Å². The van der Waals surface area contributed by atoms with Crippen molar-refractivity contribution in [1.82, 2.24) is 0 Å². The van der Waals surface area contributed by atoms with E-state index in [2.05, 4.69) is 44.2 Å². The van der Waals surface area contributed by atoms with Crippen LogP contribution < -0.4 is 5.73 Å². The average molecular weight is 318 g/mol. The van der Waals surface area contributed by atoms with Gasteiger partial charge in [0.25, 0.3) is 0 Å². The molecule has 0 aliphatic heterocycles. The maximum atomic E-state index is 8.71. The molecule has 2 nitrogen and oxygen atoms in total. The van der Waals surface area contributed by atoms with Gasteiger partial charge in [-0.2, -0.15) is 0 Å². The van der Waals surface area contributed by atoms with Gasteiger partial charge in [0, 0.05) is 27.3 Å². The highest BCUT2D eigenvalue weighted by Gasteiger charge is 2.37. The van der Waals surface area contributed by atoms with Crippen LogP contribution in [-0.4, -0.2) is 5.71 Å². The summed E-state index contributed by atoms with van der Waals surface area (Å²) >= 11 is 1.54. The predicted molar refractivity (Wildman–Crippen MR) is 98.7 cm³/mol. The van der Waals surface area contributed by atoms with Gasteiger partial charge in [-0.15, -0.1) is 11.3 Å². The Morgan fingerprint density at radius 1 is 0.957 bits per heavy atom. The second-order valence-corrected chi connectivity index (χ2v) is 7.26. The lowest BCUT2D eigenvalue weighted by molar-refractivity contribution is 0.659. The third-order valence-electron chi connectivity index (χ3n) is 4.81. The number of hydrogen-bond donors (Lipinski definition) is 2. The minimum atomic E-state index is -0.112. The number of hydrogen-bond acceptors (Lipinski definition) is 3. The van der Waals surface area contributed by atoms with E-state index in [0.717, 1.165) is 11.1 Å². The third kappa shape index (κ3) is 1.90. The molecule has 4 rings (SSSR count). The molecule has 3 heteroatoms. The Balaban J connectivity index is 1.98. The van der Waals surface area contributed by atoms with E-state index in [1.54, 1.807) is 11.3 Å². The summed E-state index contributed by atoms with van der Waals surface area (Å²) < 4.78 is 0. The van der Waals surface area contributed by atoms with Gasteiger partial charge in [-0.1, -0.05) is 56.3 Å². The second kappa shape index (κ2) is 4.80. The van der Waals surface area contributed by atoms with Crippen molar-refractivity contribution in [3.05, 3.63) is 75.5 Å². The Morgan fingerprint density at radius 3 is 2.43 bits per heavy atom. The molecule has 1 aliphatic rings. The number of benzene rings is 2. The Bertz CT molecular complexity index is 934. The van der Waals surface area contributed by atoms with Crippen molar-refractivity contribution >= 4 is 22.7 Å². The van der Waals surface area contributed by atoms with Crippen LogP contribution in [0.1, 0.15) is 36.1 Å². The Kier molecular flexibility index (Phi) is 2.97. The number of nitrogen functional groups attached to an aromatic ring is 1. The zero-order chi connectivity index (χ0) is 16.2. The number of fused-ring (bicyclic) bond motifs is 3. The standard InChI is InChI=1S/C20H18N2S/c1-20(2)16-9-4-3-6-12(16)13-7-5-8-14(18(13)20)19(22)15-10-23-11-17(15)21/h3-11,22H,21H2,1-2H3. The molecule has 0 saturated carbocycles. The molecule has 0 amide bonds. The zero-order valence-corrected chi connectivity index (χ0v) is 14.0. The van der Waals surface area contributed by atoms with Crippen LogP contribution in [0.5, 0.6) is 0 Å². The second-order valence-electron chi connectivity index (χ2n) is 6.51. The Labute approximate surface area is 140 Å². The molecule has 3 aromatic rings. The first kappa shape index (κ1) is 14.2. The maximum Gasteiger partial charge on any atom is 0.0716 e. The highest BCUT2D eigenvalue weighted by Crippen LogP contribution is 2.50. The molecule has 2 aromatic carbocycles. The normalized spacial score (nSPS) is 14.3. The molecule has 1 heterocycles. The van der Waals surface area contributed by atoms with Crippen LogP contribution in [0.4, 0.5) is 5.69 Å². The number of nitrogens with two attached hydrogens (primary N) is 1. The van der Waals surface area contributed by atoms with E-state index in [-0.39, 0.29) is 5.41 Å². The minimum Gasteiger partial charge on any atom is -0.398 e. The minimum absolute atomic E-state index is 0.112. The van der Waals surface area contributed by atoms with Crippen LogP contribution in [0.15, 0.2) is 53.2 Å². The van der Waals surface area contributed by atoms with Crippen molar-refractivity contribution in [2.24, 2.45) is 0 Å². The summed E-state index contributed by atoms with van der Waals surface area (Å²) in [5.74, 6) is 0. The summed E-state index contributed by atoms with van der Waals surface area (Å²) in [4.78, 5) is 0. The molecule has 0 bridgehead atoms. The molecule has 1 aliphatic carbocycles. The molecule has 23 heavy (non-hydrogen) atoms. The first-order valence-electron chi connectivity index (χ1n) is 7.66. The van der Waals surface area contributed by atoms with Crippen molar-refractivity contribution in [1.29, 1.82) is 5.41 Å². The summed E-state index contributed by atoms with van der Waals surface area (Å²) in [6.45, 7) is 4.48. The molecule has 1 aromatic heterocycles. The molecule has 3 N–H and O–H groups in total. The zero-order valence-electron chi connectivity index (χ0n) is 13.2. The van der Waals surface area contributed by atoms with Crippen molar-refractivity contribution in [2.75, 3.05) is 5.73 Å². The highest BCUT2D eigenvalue weighted by atomic mass is 32.1. The fourth-order valence-electron chi connectivity index (χ4n) is 3.71. The monoisotopic (exact) mass is 318 g/mol. The van der Waals surface area contributed by atoms with Crippen LogP contribution in [-0.2, 0) is 5.41 Å². The van der Waals surface area contributed by atoms with Gasteiger partial charge in [-0.3, -0.25) is 5.41 Å². The van der Waals surface area contributed by atoms with Crippen molar-refractivity contribution in [2.45, 2.75) is 19.3 Å². The predicted octanol–water partition coefficient (Wildman–Crippen LogP) is 5.05. The van der Waals surface area contributed by atoms with E-state index in [0.29, 0.717) is 11.4 Å². The molecule has 0 spiro atoms. The molecule has 0 radical (unpaired) electrons. The van der Waals surface area contributed by atoms with Gasteiger partial charge in [0.1, 0.15) is 0 Å². The van der Waals surface area contributed by atoms with Crippen molar-refractivity contribution in [3.8, 4) is 11.1 Å². The lowest BCUT2D eigenvalue weighted by atomic mass is 9.79. The van der Waals surface area contributed by atoms with E-state index >= 15 is 0 Å². The fourth-order valence-corrected chi connectivity index (χ4v) is 4.44. The van der Waals surface area contributed by atoms with Gasteiger partial charge in [0.2, 0.25) is 0 Å². The number of thiophene rings is 1. The van der Waals surface area contributed by atoms with Gasteiger partial charge < -0.3 is 5.73 Å². The molecule has 114 valence electrons. The van der Waals surface area contributed by atoms with Crippen LogP contribution in [0.2, 0.25) is 0 Å². The topological polar surface area (TPSA) is 49.9 Å². The summed E-state index contributed by atoms with van der Waals surface area (Å²) in [6.07, 6.45) is 0. The quantitative estimate of drug-likeness (QED) is 0.638. The average Bonchev–Trinajstić information content (AvgIpc) is 3.08. The largest absolute Gasteiger partial charge is 0.398 e. The van der Waals surface area contributed by atoms with E-state index < -0.39 is 0 Å². The van der Waals surface area contributed by atoms with Crippen LogP contribution in [0.25, 0.3) is 11.1 Å². The first-order chi connectivity index (χ1) is 11.0. The SMILES string of the molecule is CC1(C)c2ccccc2-c2cccc(C(=N)c3cscc3N)c21. The number of anilines is 1. The van der Waals surface area contributed by atoms with Crippen molar-refractivity contribution < 1.29 is 0 Å². The van der Waals surface area contributed by atoms with Crippen LogP contribution in [0, 0.1) is 5.41 Å². The Morgan fingerprint density at radius 2 is 1.70 bits per heavy atom. The van der Waals surface area contributed by atoms with Gasteiger partial charge in [-0.25, -0.2) is 0 Å². The lowest BCUT2D eigenvalue weighted by Gasteiger charge is -2.24. The molecule has 0 fully saturated rings. The molecule has 0 saturated heterocycles. The number of rotatable bonds is 2. The maximum absolute atomic E-state index is 8.71. The van der Waals surface area contributed by atoms with Gasteiger partial charge >= 0.3 is 0 Å². The first-order valence-corrected chi connectivity index (χ1v) is 8.60. The summed E-state index contributed by atoms with van der Waals surface area (Å²) in [5, 5.41) is 12.6. The lowest BCUT2D eigenvalue weighted by Crippen LogP contribution is -2.19. The fraction of sp³-hybridized carbons (Fsp3) is 0.150. The molecular weight excluding hydrogens is 300 g/mol. The van der Waals surface area contributed by atoms with Crippen LogP contribution >= 0.6 is 11.3 Å². The summed E-state index contributed by atoms with van der Waals surface area (Å²) in [6, 6.07) is 14.8. The van der Waals surface area contributed by atoms with Gasteiger partial charge in [-0.05, 0) is 22.3 Å².